The number of rotatable bonds is 2. The Labute approximate surface area is 524 Å². The zero-order chi connectivity index (χ0) is 60.6. The quantitative estimate of drug-likeness (QED) is 0.157. The minimum atomic E-state index is -0.636. The van der Waals surface area contributed by atoms with Crippen molar-refractivity contribution in [1.82, 2.24) is 0 Å². The Bertz CT molecular complexity index is 5890. The summed E-state index contributed by atoms with van der Waals surface area (Å²) in [6, 6.07) is 85.8. The van der Waals surface area contributed by atoms with Crippen LogP contribution in [0.2, 0.25) is 0 Å². The lowest BCUT2D eigenvalue weighted by Crippen LogP contribution is -2.26. The standard InChI is InChI=1S/C89H66O/c1-85(2,3)56-37-50-23-25-54-44-72-80(64-35-30-52(39-56)76(50)78(54)64)60-32-27-47(41-69(60)87(72,7)8)48-28-33-62-71(42-48)89(67-20-14-11-17-58(67)59-18-12-15-21-68(59)89)74-46-66(82-63-19-13-16-22-75(63)90-84(82)83(62)74)49-29-34-61-70(43-49)88(9,10)73-45-55-26-24-51-38-57(86(4,5)6)40-53-31-36-65(81(61)73)79(55)77(51)53/h11-46H,1-10H3. The first-order chi connectivity index (χ1) is 43.4. The summed E-state index contributed by atoms with van der Waals surface area (Å²) in [5, 5.41) is 18.4. The average Bonchev–Trinajstić information content (AvgIpc) is 1.49. The number of para-hydroxylation sites is 1. The van der Waals surface area contributed by atoms with E-state index in [9.17, 15) is 0 Å². The van der Waals surface area contributed by atoms with Crippen LogP contribution in [0.15, 0.2) is 223 Å². The molecule has 4 aliphatic rings. The molecule has 0 amide bonds. The summed E-state index contributed by atoms with van der Waals surface area (Å²) in [6.45, 7) is 23.7. The van der Waals surface area contributed by atoms with Gasteiger partial charge in [-0.15, -0.1) is 0 Å². The summed E-state index contributed by atoms with van der Waals surface area (Å²) in [7, 11) is 0. The van der Waals surface area contributed by atoms with Crippen LogP contribution in [-0.4, -0.2) is 0 Å². The number of hydrogen-bond acceptors (Lipinski definition) is 1. The van der Waals surface area contributed by atoms with Crippen LogP contribution < -0.4 is 0 Å². The van der Waals surface area contributed by atoms with Crippen LogP contribution in [0, 0.1) is 0 Å². The Hall–Kier alpha value is -9.82. The molecule has 1 spiro atoms. The fourth-order valence-electron chi connectivity index (χ4n) is 18.3. The summed E-state index contributed by atoms with van der Waals surface area (Å²) in [6.07, 6.45) is 0. The monoisotopic (exact) mass is 1150 g/mol. The molecule has 0 bridgehead atoms. The molecule has 0 aliphatic heterocycles. The normalized spacial score (nSPS) is 15.5. The third kappa shape index (κ3) is 6.19. The molecule has 90 heavy (non-hydrogen) atoms. The largest absolute Gasteiger partial charge is 0.455 e. The highest BCUT2D eigenvalue weighted by Gasteiger charge is 2.53. The topological polar surface area (TPSA) is 13.1 Å². The average molecular weight is 1150 g/mol. The molecule has 1 heterocycles. The Morgan fingerprint density at radius 2 is 0.700 bits per heavy atom. The maximum atomic E-state index is 7.42. The third-order valence-corrected chi connectivity index (χ3v) is 22.8. The first-order valence-electron chi connectivity index (χ1n) is 32.5. The molecule has 1 heteroatoms. The Balaban J connectivity index is 0.791. The van der Waals surface area contributed by atoms with Crippen molar-refractivity contribution >= 4 is 86.6 Å². The van der Waals surface area contributed by atoms with Crippen molar-refractivity contribution < 1.29 is 4.42 Å². The van der Waals surface area contributed by atoms with Crippen LogP contribution in [0.1, 0.15) is 125 Å². The van der Waals surface area contributed by atoms with E-state index in [0.29, 0.717) is 0 Å². The highest BCUT2D eigenvalue weighted by molar-refractivity contribution is 6.29. The molecule has 15 aromatic carbocycles. The lowest BCUT2D eigenvalue weighted by molar-refractivity contribution is 0.591. The van der Waals surface area contributed by atoms with Crippen molar-refractivity contribution in [2.75, 3.05) is 0 Å². The fourth-order valence-corrected chi connectivity index (χ4v) is 18.3. The first kappa shape index (κ1) is 51.1. The highest BCUT2D eigenvalue weighted by Crippen LogP contribution is 2.66. The molecule has 0 unspecified atom stereocenters. The maximum Gasteiger partial charge on any atom is 0.144 e. The predicted octanol–water partition coefficient (Wildman–Crippen LogP) is 24.3. The van der Waals surface area contributed by atoms with Crippen molar-refractivity contribution in [3.8, 4) is 66.8 Å². The van der Waals surface area contributed by atoms with Gasteiger partial charge in [-0.25, -0.2) is 0 Å². The molecule has 0 atom stereocenters. The number of furan rings is 1. The van der Waals surface area contributed by atoms with Gasteiger partial charge in [-0.3, -0.25) is 0 Å². The summed E-state index contributed by atoms with van der Waals surface area (Å²) in [5.41, 5.74) is 29.7. The van der Waals surface area contributed by atoms with Gasteiger partial charge in [0.1, 0.15) is 11.2 Å². The van der Waals surface area contributed by atoms with Gasteiger partial charge in [-0.1, -0.05) is 245 Å². The SMILES string of the molecule is CC(C)(C)c1cc2ccc3cc4c(c5ccc(c1)c2c35)-c1ccc(-c2ccc3c(c2)C2(c5ccccc5-c5ccccc52)c2cc(-c5ccc6c(c5)C(C)(C)c5cc7ccc8cc(C(C)(C)C)cc9ccc(c5-6)c7c89)c5c(oc6ccccc65)c2-3)cc1C4(C)C. The van der Waals surface area contributed by atoms with E-state index in [-0.39, 0.29) is 21.7 Å². The van der Waals surface area contributed by atoms with Gasteiger partial charge in [0.25, 0.3) is 0 Å². The maximum absolute atomic E-state index is 7.42. The van der Waals surface area contributed by atoms with Gasteiger partial charge < -0.3 is 4.42 Å². The van der Waals surface area contributed by atoms with Crippen LogP contribution in [0.3, 0.4) is 0 Å². The van der Waals surface area contributed by atoms with E-state index < -0.39 is 5.41 Å². The van der Waals surface area contributed by atoms with Gasteiger partial charge in [-0.05, 0) is 235 Å². The lowest BCUT2D eigenvalue weighted by atomic mass is 9.69. The fraction of sp³-hybridized carbons (Fsp3) is 0.169. The molecule has 20 rings (SSSR count). The van der Waals surface area contributed by atoms with E-state index >= 15 is 0 Å². The van der Waals surface area contributed by atoms with Gasteiger partial charge in [0.15, 0.2) is 0 Å². The first-order valence-corrected chi connectivity index (χ1v) is 32.5. The van der Waals surface area contributed by atoms with Crippen molar-refractivity contribution in [1.29, 1.82) is 0 Å². The van der Waals surface area contributed by atoms with E-state index in [1.165, 1.54) is 192 Å². The zero-order valence-electron chi connectivity index (χ0n) is 52.7. The van der Waals surface area contributed by atoms with Crippen LogP contribution in [0.5, 0.6) is 0 Å². The molecule has 0 saturated carbocycles. The molecular weight excluding hydrogens is 1080 g/mol. The summed E-state index contributed by atoms with van der Waals surface area (Å²) < 4.78 is 7.42. The highest BCUT2D eigenvalue weighted by atomic mass is 16.3. The second-order valence-electron chi connectivity index (χ2n) is 30.3. The van der Waals surface area contributed by atoms with Gasteiger partial charge in [0.05, 0.1) is 5.41 Å². The van der Waals surface area contributed by atoms with E-state index in [2.05, 4.69) is 288 Å². The number of benzene rings is 15. The molecule has 0 radical (unpaired) electrons. The summed E-state index contributed by atoms with van der Waals surface area (Å²) in [5.74, 6) is 0. The molecule has 1 nitrogen and oxygen atoms in total. The minimum Gasteiger partial charge on any atom is -0.455 e. The minimum absolute atomic E-state index is 0.0555. The van der Waals surface area contributed by atoms with Gasteiger partial charge >= 0.3 is 0 Å². The smallest absolute Gasteiger partial charge is 0.144 e. The van der Waals surface area contributed by atoms with Crippen LogP contribution >= 0.6 is 0 Å². The molecular formula is C89H66O. The van der Waals surface area contributed by atoms with Crippen molar-refractivity contribution in [2.24, 2.45) is 0 Å². The van der Waals surface area contributed by atoms with Crippen molar-refractivity contribution in [3.05, 3.63) is 274 Å². The predicted molar refractivity (Wildman–Crippen MR) is 381 cm³/mol. The molecule has 428 valence electrons. The van der Waals surface area contributed by atoms with Gasteiger partial charge in [-0.2, -0.15) is 0 Å². The van der Waals surface area contributed by atoms with Gasteiger partial charge in [0, 0.05) is 27.2 Å². The Morgan fingerprint density at radius 3 is 1.21 bits per heavy atom. The van der Waals surface area contributed by atoms with E-state index in [0.717, 1.165) is 16.6 Å². The third-order valence-electron chi connectivity index (χ3n) is 22.8. The van der Waals surface area contributed by atoms with Crippen molar-refractivity contribution in [2.45, 2.75) is 96.3 Å². The molecule has 0 fully saturated rings. The molecule has 16 aromatic rings. The van der Waals surface area contributed by atoms with E-state index in [1.807, 2.05) is 0 Å². The molecule has 4 aliphatic carbocycles. The van der Waals surface area contributed by atoms with E-state index in [1.54, 1.807) is 0 Å². The van der Waals surface area contributed by atoms with Crippen molar-refractivity contribution in [3.63, 3.8) is 0 Å². The van der Waals surface area contributed by atoms with Crippen LogP contribution in [0.25, 0.3) is 153 Å². The Morgan fingerprint density at radius 1 is 0.278 bits per heavy atom. The van der Waals surface area contributed by atoms with E-state index in [4.69, 9.17) is 4.42 Å². The number of fused-ring (bicyclic) bond motifs is 22. The lowest BCUT2D eigenvalue weighted by Gasteiger charge is -2.31. The van der Waals surface area contributed by atoms with Crippen LogP contribution in [-0.2, 0) is 27.1 Å². The molecule has 0 saturated heterocycles. The van der Waals surface area contributed by atoms with Gasteiger partial charge in [0.2, 0.25) is 0 Å². The second kappa shape index (κ2) is 16.5. The zero-order valence-corrected chi connectivity index (χ0v) is 52.7. The van der Waals surface area contributed by atoms with Crippen LogP contribution in [0.4, 0.5) is 0 Å². The molecule has 0 N–H and O–H groups in total. The summed E-state index contributed by atoms with van der Waals surface area (Å²) in [4.78, 5) is 0. The molecule has 1 aromatic heterocycles. The number of hydrogen-bond donors (Lipinski definition) is 0. The Kier molecular flexibility index (Phi) is 9.38. The summed E-state index contributed by atoms with van der Waals surface area (Å²) >= 11 is 0. The second-order valence-corrected chi connectivity index (χ2v) is 30.3.